The molecule has 2 aromatic heterocycles. The molecule has 5 aromatic carbocycles. The summed E-state index contributed by atoms with van der Waals surface area (Å²) in [5.41, 5.74) is 7.00. The minimum Gasteiger partial charge on any atom is -0.455 e. The summed E-state index contributed by atoms with van der Waals surface area (Å²) in [6.45, 7) is 5.38. The van der Waals surface area contributed by atoms with Crippen molar-refractivity contribution in [2.75, 3.05) is 0 Å². The Labute approximate surface area is 218 Å². The highest BCUT2D eigenvalue weighted by Crippen LogP contribution is 2.43. The summed E-state index contributed by atoms with van der Waals surface area (Å²) in [5, 5.41) is 4.16. The second kappa shape index (κ2) is 8.49. The normalized spacial score (nSPS) is 11.5. The fourth-order valence-electron chi connectivity index (χ4n) is 5.12. The quantitative estimate of drug-likeness (QED) is 0.139. The van der Waals surface area contributed by atoms with Gasteiger partial charge < -0.3 is 13.6 Å². The average molecular weight is 495 g/mol. The van der Waals surface area contributed by atoms with E-state index in [-0.39, 0.29) is 0 Å². The largest absolute Gasteiger partial charge is 0.455 e. The zero-order valence-corrected chi connectivity index (χ0v) is 20.7. The lowest BCUT2D eigenvalue weighted by Crippen LogP contribution is -2.09. The lowest BCUT2D eigenvalue weighted by molar-refractivity contribution is -0.130. The number of hydrogen-bond acceptors (Lipinski definition) is 4. The van der Waals surface area contributed by atoms with Crippen LogP contribution in [0.25, 0.3) is 66.1 Å². The number of fused-ring (bicyclic) bond motifs is 6. The first-order chi connectivity index (χ1) is 18.6. The zero-order chi connectivity index (χ0) is 25.8. The van der Waals surface area contributed by atoms with Crippen molar-refractivity contribution in [2.45, 2.75) is 6.92 Å². The summed E-state index contributed by atoms with van der Waals surface area (Å²) in [6, 6.07) is 34.0. The molecule has 0 radical (unpaired) electrons. The maximum Gasteiger partial charge on any atom is 0.338 e. The average Bonchev–Trinajstić information content (AvgIpc) is 3.52. The van der Waals surface area contributed by atoms with Crippen molar-refractivity contribution in [3.63, 3.8) is 0 Å². The lowest BCUT2D eigenvalue weighted by atomic mass is 9.95. The first-order valence-corrected chi connectivity index (χ1v) is 12.4. The minimum atomic E-state index is -0.477. The Morgan fingerprint density at radius 3 is 1.82 bits per heavy atom. The monoisotopic (exact) mass is 494 g/mol. The number of rotatable bonds is 4. The molecule has 2 heterocycles. The van der Waals surface area contributed by atoms with Crippen molar-refractivity contribution >= 4 is 49.8 Å². The Kier molecular flexibility index (Phi) is 4.95. The molecule has 38 heavy (non-hydrogen) atoms. The van der Waals surface area contributed by atoms with Gasteiger partial charge in [0.15, 0.2) is 0 Å². The number of carbonyl (C=O) groups is 1. The molecule has 0 saturated carbocycles. The second-order valence-corrected chi connectivity index (χ2v) is 9.44. The zero-order valence-electron chi connectivity index (χ0n) is 20.7. The van der Waals surface area contributed by atoms with Crippen LogP contribution in [-0.4, -0.2) is 5.97 Å². The summed E-state index contributed by atoms with van der Waals surface area (Å²) in [4.78, 5) is 12.6. The van der Waals surface area contributed by atoms with Gasteiger partial charge in [-0.05, 0) is 36.8 Å². The summed E-state index contributed by atoms with van der Waals surface area (Å²) < 4.78 is 18.4. The van der Waals surface area contributed by atoms with Crippen molar-refractivity contribution in [3.8, 4) is 28.0 Å². The van der Waals surface area contributed by atoms with Crippen LogP contribution < -0.4 is 4.74 Å². The van der Waals surface area contributed by atoms with Gasteiger partial charge in [0.05, 0.1) is 0 Å². The summed E-state index contributed by atoms with van der Waals surface area (Å²) in [5.74, 6) is -0.0401. The van der Waals surface area contributed by atoms with Crippen LogP contribution >= 0.6 is 0 Å². The van der Waals surface area contributed by atoms with E-state index >= 15 is 0 Å². The van der Waals surface area contributed by atoms with E-state index in [9.17, 15) is 4.79 Å². The number of hydrogen-bond donors (Lipinski definition) is 0. The van der Waals surface area contributed by atoms with Gasteiger partial charge in [-0.25, -0.2) is 4.79 Å². The van der Waals surface area contributed by atoms with Crippen molar-refractivity contribution < 1.29 is 18.4 Å². The van der Waals surface area contributed by atoms with Gasteiger partial charge in [0.25, 0.3) is 0 Å². The molecule has 7 aromatic rings. The van der Waals surface area contributed by atoms with E-state index in [1.165, 1.54) is 0 Å². The van der Waals surface area contributed by atoms with E-state index in [0.717, 1.165) is 66.1 Å². The predicted octanol–water partition coefficient (Wildman–Crippen LogP) is 9.30. The highest BCUT2D eigenvalue weighted by molar-refractivity contribution is 6.12. The van der Waals surface area contributed by atoms with E-state index in [4.69, 9.17) is 13.6 Å². The molecule has 0 saturated heterocycles. The predicted molar refractivity (Wildman–Crippen MR) is 152 cm³/mol. The van der Waals surface area contributed by atoms with Crippen molar-refractivity contribution in [3.05, 3.63) is 115 Å². The minimum absolute atomic E-state index is 0.328. The van der Waals surface area contributed by atoms with Crippen LogP contribution in [0, 0.1) is 0 Å². The Balaban J connectivity index is 1.49. The number of carbonyl (C=O) groups excluding carboxylic acids is 1. The van der Waals surface area contributed by atoms with Gasteiger partial charge in [-0.3, -0.25) is 0 Å². The van der Waals surface area contributed by atoms with Crippen LogP contribution in [0.4, 0.5) is 0 Å². The maximum atomic E-state index is 12.6. The van der Waals surface area contributed by atoms with Crippen molar-refractivity contribution in [1.29, 1.82) is 0 Å². The van der Waals surface area contributed by atoms with Crippen LogP contribution in [0.2, 0.25) is 0 Å². The number of esters is 1. The van der Waals surface area contributed by atoms with Crippen LogP contribution in [0.1, 0.15) is 6.92 Å². The Morgan fingerprint density at radius 1 is 0.632 bits per heavy atom. The molecule has 182 valence electrons. The third-order valence-electron chi connectivity index (χ3n) is 6.94. The molecule has 4 nitrogen and oxygen atoms in total. The molecule has 0 unspecified atom stereocenters. The third kappa shape index (κ3) is 3.42. The molecule has 0 aliphatic rings. The molecule has 4 heteroatoms. The standard InChI is InChI=1S/C34H22O4/c1-20(2)34(35)38-31-18-17-21(22-11-7-12-25-23-9-3-5-15-29(23)36-32(22)25)19-28(31)27-14-8-13-26-24-10-4-6-16-30(24)37-33(26)27/h3-19H,1H2,2H3. The van der Waals surface area contributed by atoms with E-state index in [1.807, 2.05) is 91.0 Å². The third-order valence-corrected chi connectivity index (χ3v) is 6.94. The summed E-state index contributed by atoms with van der Waals surface area (Å²) in [6.07, 6.45) is 0. The van der Waals surface area contributed by atoms with Gasteiger partial charge in [-0.15, -0.1) is 0 Å². The molecule has 0 atom stereocenters. The Bertz CT molecular complexity index is 2050. The number of furan rings is 2. The lowest BCUT2D eigenvalue weighted by Gasteiger charge is -2.13. The van der Waals surface area contributed by atoms with E-state index in [1.54, 1.807) is 6.92 Å². The number of para-hydroxylation sites is 4. The molecule has 7 rings (SSSR count). The fourth-order valence-corrected chi connectivity index (χ4v) is 5.12. The van der Waals surface area contributed by atoms with Crippen molar-refractivity contribution in [2.24, 2.45) is 0 Å². The SMILES string of the molecule is C=C(C)C(=O)Oc1ccc(-c2cccc3c2oc2ccccc23)cc1-c1cccc2c1oc1ccccc12. The Morgan fingerprint density at radius 2 is 1.18 bits per heavy atom. The molecule has 0 fully saturated rings. The van der Waals surface area contributed by atoms with E-state index in [0.29, 0.717) is 11.3 Å². The molecule has 0 N–H and O–H groups in total. The van der Waals surface area contributed by atoms with Gasteiger partial charge in [-0.2, -0.15) is 0 Å². The highest BCUT2D eigenvalue weighted by Gasteiger charge is 2.19. The van der Waals surface area contributed by atoms with Crippen LogP contribution in [0.5, 0.6) is 5.75 Å². The van der Waals surface area contributed by atoms with Gasteiger partial charge in [0, 0.05) is 43.8 Å². The molecular formula is C34H22O4. The topological polar surface area (TPSA) is 52.6 Å². The fraction of sp³-hybridized carbons (Fsp3) is 0.0294. The van der Waals surface area contributed by atoms with Crippen molar-refractivity contribution in [1.82, 2.24) is 0 Å². The first kappa shape index (κ1) is 22.1. The molecule has 0 aliphatic heterocycles. The molecule has 0 bridgehead atoms. The van der Waals surface area contributed by atoms with E-state index in [2.05, 4.69) is 18.7 Å². The number of benzene rings is 5. The van der Waals surface area contributed by atoms with Gasteiger partial charge in [0.2, 0.25) is 0 Å². The smallest absolute Gasteiger partial charge is 0.338 e. The first-order valence-electron chi connectivity index (χ1n) is 12.4. The van der Waals surface area contributed by atoms with Crippen LogP contribution in [0.15, 0.2) is 124 Å². The van der Waals surface area contributed by atoms with Crippen LogP contribution in [-0.2, 0) is 4.79 Å². The van der Waals surface area contributed by atoms with Gasteiger partial charge in [-0.1, -0.05) is 85.4 Å². The van der Waals surface area contributed by atoms with Gasteiger partial charge in [0.1, 0.15) is 28.1 Å². The molecule has 0 amide bonds. The van der Waals surface area contributed by atoms with Gasteiger partial charge >= 0.3 is 5.97 Å². The highest BCUT2D eigenvalue weighted by atomic mass is 16.5. The molecule has 0 spiro atoms. The summed E-state index contributed by atoms with van der Waals surface area (Å²) in [7, 11) is 0. The Hall–Kier alpha value is -5.09. The maximum absolute atomic E-state index is 12.6. The summed E-state index contributed by atoms with van der Waals surface area (Å²) >= 11 is 0. The van der Waals surface area contributed by atoms with Crippen LogP contribution in [0.3, 0.4) is 0 Å². The number of ether oxygens (including phenoxy) is 1. The van der Waals surface area contributed by atoms with E-state index < -0.39 is 5.97 Å². The molecule has 0 aliphatic carbocycles. The molecular weight excluding hydrogens is 472 g/mol. The second-order valence-electron chi connectivity index (χ2n) is 9.44.